The Morgan fingerprint density at radius 1 is 1.15 bits per heavy atom. The average Bonchev–Trinajstić information content (AvgIpc) is 2.76. The molecule has 2 aliphatic heterocycles. The molecular weight excluding hydrogens is 284 g/mol. The Balaban J connectivity index is 1.79. The number of carbonyl (C=O) groups excluding carboxylic acids is 1. The maximum absolute atomic E-state index is 12.2. The van der Waals surface area contributed by atoms with Crippen molar-refractivity contribution in [1.82, 2.24) is 9.80 Å². The molecule has 0 radical (unpaired) electrons. The first-order valence-corrected chi connectivity index (χ1v) is 8.63. The maximum atomic E-state index is 12.2. The van der Waals surface area contributed by atoms with Crippen molar-refractivity contribution in [2.75, 3.05) is 44.2 Å². The Bertz CT molecular complexity index is 482. The number of carboxylic acid groups (broad SMARTS) is 1. The normalized spacial score (nSPS) is 26.6. The summed E-state index contributed by atoms with van der Waals surface area (Å²) in [4.78, 5) is 26.4. The summed E-state index contributed by atoms with van der Waals surface area (Å²) < 4.78 is 22.8. The van der Waals surface area contributed by atoms with Crippen LogP contribution in [0.3, 0.4) is 0 Å². The summed E-state index contributed by atoms with van der Waals surface area (Å²) in [7, 11) is -3.03. The second-order valence-corrected chi connectivity index (χ2v) is 7.64. The summed E-state index contributed by atoms with van der Waals surface area (Å²) in [5.41, 5.74) is 0. The first kappa shape index (κ1) is 15.2. The molecule has 2 rings (SSSR count). The van der Waals surface area contributed by atoms with E-state index >= 15 is 0 Å². The van der Waals surface area contributed by atoms with Crippen LogP contribution in [0.15, 0.2) is 0 Å². The van der Waals surface area contributed by atoms with E-state index in [2.05, 4.69) is 0 Å². The van der Waals surface area contributed by atoms with Crippen molar-refractivity contribution >= 4 is 21.7 Å². The second-order valence-electron chi connectivity index (χ2n) is 5.41. The number of hydrogen-bond donors (Lipinski definition) is 1. The van der Waals surface area contributed by atoms with Crippen molar-refractivity contribution in [2.24, 2.45) is 5.92 Å². The number of sulfone groups is 1. The standard InChI is InChI=1S/C12H20N2O5S/c15-11(16)1-3-13-4-6-14(7-5-13)12(17)10-2-8-20(18,19)9-10/h10H,1-9H2,(H,15,16)/t10-/m0/s1. The van der Waals surface area contributed by atoms with Crippen molar-refractivity contribution in [3.63, 3.8) is 0 Å². The zero-order valence-electron chi connectivity index (χ0n) is 11.3. The largest absolute Gasteiger partial charge is 0.481 e. The van der Waals surface area contributed by atoms with E-state index in [-0.39, 0.29) is 29.8 Å². The number of hydrogen-bond acceptors (Lipinski definition) is 5. The molecule has 0 saturated carbocycles. The number of carboxylic acids is 1. The molecule has 2 fully saturated rings. The van der Waals surface area contributed by atoms with E-state index in [9.17, 15) is 18.0 Å². The van der Waals surface area contributed by atoms with Crippen molar-refractivity contribution in [1.29, 1.82) is 0 Å². The van der Waals surface area contributed by atoms with Crippen LogP contribution in [0.2, 0.25) is 0 Å². The number of amides is 1. The summed E-state index contributed by atoms with van der Waals surface area (Å²) >= 11 is 0. The van der Waals surface area contributed by atoms with Gasteiger partial charge < -0.3 is 10.0 Å². The van der Waals surface area contributed by atoms with Gasteiger partial charge in [-0.05, 0) is 6.42 Å². The minimum atomic E-state index is -3.03. The van der Waals surface area contributed by atoms with Gasteiger partial charge in [0.05, 0.1) is 23.8 Å². The molecule has 114 valence electrons. The smallest absolute Gasteiger partial charge is 0.304 e. The van der Waals surface area contributed by atoms with Gasteiger partial charge in [0, 0.05) is 32.7 Å². The molecule has 8 heteroatoms. The highest BCUT2D eigenvalue weighted by atomic mass is 32.2. The molecule has 0 aromatic rings. The number of rotatable bonds is 4. The van der Waals surface area contributed by atoms with E-state index in [1.807, 2.05) is 4.90 Å². The molecule has 0 aliphatic carbocycles. The summed E-state index contributed by atoms with van der Waals surface area (Å²) in [5.74, 6) is -1.18. The van der Waals surface area contributed by atoms with Crippen molar-refractivity contribution in [3.05, 3.63) is 0 Å². The molecule has 2 heterocycles. The summed E-state index contributed by atoms with van der Waals surface area (Å²) in [6.07, 6.45) is 0.537. The molecular formula is C12H20N2O5S. The molecule has 2 saturated heterocycles. The summed E-state index contributed by atoms with van der Waals surface area (Å²) in [5, 5.41) is 8.63. The molecule has 0 unspecified atom stereocenters. The minimum absolute atomic E-state index is 0.0228. The summed E-state index contributed by atoms with van der Waals surface area (Å²) in [6, 6.07) is 0. The van der Waals surface area contributed by atoms with Crippen molar-refractivity contribution < 1.29 is 23.1 Å². The minimum Gasteiger partial charge on any atom is -0.481 e. The monoisotopic (exact) mass is 304 g/mol. The first-order chi connectivity index (χ1) is 9.37. The molecule has 1 N–H and O–H groups in total. The fourth-order valence-corrected chi connectivity index (χ4v) is 4.43. The zero-order chi connectivity index (χ0) is 14.8. The molecule has 0 bridgehead atoms. The lowest BCUT2D eigenvalue weighted by molar-refractivity contribution is -0.139. The maximum Gasteiger partial charge on any atom is 0.304 e. The Morgan fingerprint density at radius 2 is 1.80 bits per heavy atom. The SMILES string of the molecule is O=C(O)CCN1CCN(C(=O)[C@H]2CCS(=O)(=O)C2)CC1. The number of aliphatic carboxylic acids is 1. The van der Waals surface area contributed by atoms with E-state index in [0.29, 0.717) is 39.1 Å². The Morgan fingerprint density at radius 3 is 2.30 bits per heavy atom. The van der Waals surface area contributed by atoms with Crippen LogP contribution in [-0.4, -0.2) is 79.4 Å². The average molecular weight is 304 g/mol. The first-order valence-electron chi connectivity index (χ1n) is 6.81. The molecule has 0 aromatic heterocycles. The van der Waals surface area contributed by atoms with Crippen molar-refractivity contribution in [3.8, 4) is 0 Å². The Kier molecular flexibility index (Phi) is 4.64. The van der Waals surface area contributed by atoms with Gasteiger partial charge in [-0.3, -0.25) is 14.5 Å². The van der Waals surface area contributed by atoms with E-state index in [1.165, 1.54) is 0 Å². The zero-order valence-corrected chi connectivity index (χ0v) is 12.1. The third-order valence-electron chi connectivity index (χ3n) is 3.91. The van der Waals surface area contributed by atoms with Gasteiger partial charge in [-0.15, -0.1) is 0 Å². The lowest BCUT2D eigenvalue weighted by Gasteiger charge is -2.35. The van der Waals surface area contributed by atoms with E-state index < -0.39 is 15.8 Å². The topological polar surface area (TPSA) is 95.0 Å². The highest BCUT2D eigenvalue weighted by molar-refractivity contribution is 7.91. The van der Waals surface area contributed by atoms with Gasteiger partial charge in [-0.25, -0.2) is 8.42 Å². The number of nitrogens with zero attached hydrogens (tertiary/aromatic N) is 2. The molecule has 1 amide bonds. The molecule has 2 aliphatic rings. The number of piperazine rings is 1. The van der Waals surface area contributed by atoms with Crippen LogP contribution in [0.4, 0.5) is 0 Å². The number of carbonyl (C=O) groups is 2. The molecule has 0 aromatic carbocycles. The van der Waals surface area contributed by atoms with Crippen molar-refractivity contribution in [2.45, 2.75) is 12.8 Å². The Hall–Kier alpha value is -1.15. The van der Waals surface area contributed by atoms with Crippen LogP contribution in [-0.2, 0) is 19.4 Å². The third kappa shape index (κ3) is 3.92. The third-order valence-corrected chi connectivity index (χ3v) is 5.68. The lowest BCUT2D eigenvalue weighted by Crippen LogP contribution is -2.50. The van der Waals surface area contributed by atoms with Gasteiger partial charge in [-0.1, -0.05) is 0 Å². The van der Waals surface area contributed by atoms with Gasteiger partial charge in [0.25, 0.3) is 0 Å². The highest BCUT2D eigenvalue weighted by Crippen LogP contribution is 2.21. The van der Waals surface area contributed by atoms with Crippen LogP contribution in [0, 0.1) is 5.92 Å². The van der Waals surface area contributed by atoms with Crippen LogP contribution in [0.1, 0.15) is 12.8 Å². The van der Waals surface area contributed by atoms with E-state index in [0.717, 1.165) is 0 Å². The van der Waals surface area contributed by atoms with Crippen LogP contribution in [0.25, 0.3) is 0 Å². The lowest BCUT2D eigenvalue weighted by atomic mass is 10.1. The van der Waals surface area contributed by atoms with E-state index in [4.69, 9.17) is 5.11 Å². The van der Waals surface area contributed by atoms with Crippen LogP contribution >= 0.6 is 0 Å². The molecule has 1 atom stereocenters. The van der Waals surface area contributed by atoms with Gasteiger partial charge in [0.15, 0.2) is 9.84 Å². The van der Waals surface area contributed by atoms with Gasteiger partial charge in [-0.2, -0.15) is 0 Å². The van der Waals surface area contributed by atoms with Crippen LogP contribution < -0.4 is 0 Å². The van der Waals surface area contributed by atoms with Crippen LogP contribution in [0.5, 0.6) is 0 Å². The molecule has 0 spiro atoms. The Labute approximate surface area is 118 Å². The molecule has 20 heavy (non-hydrogen) atoms. The molecule has 7 nitrogen and oxygen atoms in total. The van der Waals surface area contributed by atoms with E-state index in [1.54, 1.807) is 4.90 Å². The van der Waals surface area contributed by atoms with Gasteiger partial charge >= 0.3 is 5.97 Å². The predicted octanol–water partition coefficient (Wildman–Crippen LogP) is -0.960. The predicted molar refractivity (Wildman–Crippen MR) is 72.0 cm³/mol. The fraction of sp³-hybridized carbons (Fsp3) is 0.833. The quantitative estimate of drug-likeness (QED) is 0.719. The van der Waals surface area contributed by atoms with Gasteiger partial charge in [0.1, 0.15) is 0 Å². The van der Waals surface area contributed by atoms with Gasteiger partial charge in [0.2, 0.25) is 5.91 Å². The second kappa shape index (κ2) is 6.09. The fourth-order valence-electron chi connectivity index (χ4n) is 2.69. The highest BCUT2D eigenvalue weighted by Gasteiger charge is 2.36. The summed E-state index contributed by atoms with van der Waals surface area (Å²) in [6.45, 7) is 2.90.